The Bertz CT molecular complexity index is 682. The number of rotatable bonds is 5. The van der Waals surface area contributed by atoms with Crippen LogP contribution in [0.15, 0.2) is 42.6 Å². The molecular weight excluding hydrogens is 306 g/mol. The summed E-state index contributed by atoms with van der Waals surface area (Å²) in [5.41, 5.74) is 1.68. The number of ether oxygens (including phenoxy) is 2. The van der Waals surface area contributed by atoms with E-state index in [0.717, 1.165) is 11.3 Å². The third-order valence-corrected chi connectivity index (χ3v) is 3.96. The van der Waals surface area contributed by atoms with Crippen LogP contribution in [0.2, 0.25) is 0 Å². The second-order valence-electron chi connectivity index (χ2n) is 5.51. The number of hydrogen-bond donors (Lipinski definition) is 1. The van der Waals surface area contributed by atoms with E-state index in [1.807, 2.05) is 24.3 Å². The highest BCUT2D eigenvalue weighted by Gasteiger charge is 2.21. The molecule has 2 heterocycles. The van der Waals surface area contributed by atoms with Crippen molar-refractivity contribution in [2.24, 2.45) is 0 Å². The number of nitrogens with one attached hydrogen (secondary N) is 1. The summed E-state index contributed by atoms with van der Waals surface area (Å²) in [5, 5.41) is 3.26. The Balaban J connectivity index is 1.70. The predicted molar refractivity (Wildman–Crippen MR) is 91.3 cm³/mol. The predicted octanol–water partition coefficient (Wildman–Crippen LogP) is 2.17. The van der Waals surface area contributed by atoms with Crippen molar-refractivity contribution >= 4 is 11.7 Å². The average molecular weight is 327 g/mol. The zero-order valence-corrected chi connectivity index (χ0v) is 13.7. The van der Waals surface area contributed by atoms with Gasteiger partial charge in [0.2, 0.25) is 0 Å². The van der Waals surface area contributed by atoms with Gasteiger partial charge in [-0.15, -0.1) is 0 Å². The fourth-order valence-electron chi connectivity index (χ4n) is 2.58. The highest BCUT2D eigenvalue weighted by Crippen LogP contribution is 2.17. The Morgan fingerprint density at radius 3 is 2.71 bits per heavy atom. The third kappa shape index (κ3) is 3.83. The van der Waals surface area contributed by atoms with Crippen molar-refractivity contribution in [3.8, 4) is 5.75 Å². The first-order valence-electron chi connectivity index (χ1n) is 7.97. The summed E-state index contributed by atoms with van der Waals surface area (Å²) >= 11 is 0. The number of anilines is 1. The lowest BCUT2D eigenvalue weighted by Crippen LogP contribution is -2.41. The first-order chi connectivity index (χ1) is 11.8. The molecule has 6 heteroatoms. The van der Waals surface area contributed by atoms with Crippen LogP contribution in [0.5, 0.6) is 5.75 Å². The molecule has 0 spiro atoms. The number of methoxy groups -OCH3 is 1. The van der Waals surface area contributed by atoms with Crippen molar-refractivity contribution in [3.63, 3.8) is 0 Å². The number of carbonyl (C=O) groups excluding carboxylic acids is 1. The Kier molecular flexibility index (Phi) is 5.28. The summed E-state index contributed by atoms with van der Waals surface area (Å²) in [5.74, 6) is 1.41. The molecule has 1 fully saturated rings. The van der Waals surface area contributed by atoms with Gasteiger partial charge in [-0.2, -0.15) is 0 Å². The van der Waals surface area contributed by atoms with Gasteiger partial charge in [-0.05, 0) is 29.8 Å². The van der Waals surface area contributed by atoms with Gasteiger partial charge in [0.1, 0.15) is 11.6 Å². The Morgan fingerprint density at radius 1 is 1.25 bits per heavy atom. The van der Waals surface area contributed by atoms with Gasteiger partial charge >= 0.3 is 0 Å². The van der Waals surface area contributed by atoms with Gasteiger partial charge in [-0.1, -0.05) is 12.1 Å². The molecule has 1 aliphatic heterocycles. The number of pyridine rings is 1. The molecule has 3 rings (SSSR count). The van der Waals surface area contributed by atoms with Gasteiger partial charge in [0.25, 0.3) is 5.91 Å². The molecule has 0 bridgehead atoms. The topological polar surface area (TPSA) is 63.7 Å². The van der Waals surface area contributed by atoms with E-state index in [4.69, 9.17) is 9.47 Å². The SMILES string of the molecule is COc1ccc(CNc2ncccc2C(=O)N2CCOCC2)cc1. The molecule has 1 saturated heterocycles. The van der Waals surface area contributed by atoms with Crippen LogP contribution >= 0.6 is 0 Å². The van der Waals surface area contributed by atoms with Crippen LogP contribution in [0.3, 0.4) is 0 Å². The first kappa shape index (κ1) is 16.3. The van der Waals surface area contributed by atoms with E-state index in [9.17, 15) is 4.79 Å². The average Bonchev–Trinajstić information content (AvgIpc) is 2.67. The van der Waals surface area contributed by atoms with E-state index >= 15 is 0 Å². The molecule has 1 aromatic carbocycles. The van der Waals surface area contributed by atoms with Gasteiger partial charge in [-0.3, -0.25) is 4.79 Å². The van der Waals surface area contributed by atoms with Crippen molar-refractivity contribution in [1.29, 1.82) is 0 Å². The van der Waals surface area contributed by atoms with Crippen LogP contribution < -0.4 is 10.1 Å². The van der Waals surface area contributed by atoms with Gasteiger partial charge in [0.15, 0.2) is 0 Å². The maximum Gasteiger partial charge on any atom is 0.257 e. The van der Waals surface area contributed by atoms with Crippen LogP contribution in [0.25, 0.3) is 0 Å². The van der Waals surface area contributed by atoms with E-state index in [-0.39, 0.29) is 5.91 Å². The first-order valence-corrected chi connectivity index (χ1v) is 7.97. The number of benzene rings is 1. The maximum absolute atomic E-state index is 12.7. The lowest BCUT2D eigenvalue weighted by atomic mass is 10.2. The van der Waals surface area contributed by atoms with Gasteiger partial charge in [0, 0.05) is 25.8 Å². The molecule has 1 amide bonds. The molecule has 0 radical (unpaired) electrons. The molecule has 1 aromatic heterocycles. The van der Waals surface area contributed by atoms with Crippen molar-refractivity contribution in [3.05, 3.63) is 53.7 Å². The number of aromatic nitrogens is 1. The van der Waals surface area contributed by atoms with E-state index in [1.54, 1.807) is 30.3 Å². The molecule has 0 unspecified atom stereocenters. The van der Waals surface area contributed by atoms with E-state index in [0.29, 0.717) is 44.2 Å². The summed E-state index contributed by atoms with van der Waals surface area (Å²) in [6.45, 7) is 2.99. The standard InChI is InChI=1S/C18H21N3O3/c1-23-15-6-4-14(5-7-15)13-20-17-16(3-2-8-19-17)18(22)21-9-11-24-12-10-21/h2-8H,9-13H2,1H3,(H,19,20). The summed E-state index contributed by atoms with van der Waals surface area (Å²) in [6.07, 6.45) is 1.69. The molecule has 24 heavy (non-hydrogen) atoms. The number of morpholine rings is 1. The molecule has 0 aliphatic carbocycles. The lowest BCUT2D eigenvalue weighted by Gasteiger charge is -2.27. The zero-order valence-electron chi connectivity index (χ0n) is 13.7. The Morgan fingerprint density at radius 2 is 2.00 bits per heavy atom. The van der Waals surface area contributed by atoms with E-state index in [1.165, 1.54) is 0 Å². The molecule has 6 nitrogen and oxygen atoms in total. The molecule has 1 N–H and O–H groups in total. The van der Waals surface area contributed by atoms with Gasteiger partial charge in [-0.25, -0.2) is 4.98 Å². The van der Waals surface area contributed by atoms with Gasteiger partial charge in [0.05, 0.1) is 25.9 Å². The van der Waals surface area contributed by atoms with Crippen LogP contribution in [-0.2, 0) is 11.3 Å². The fourth-order valence-corrected chi connectivity index (χ4v) is 2.58. The molecule has 0 saturated carbocycles. The second kappa shape index (κ2) is 7.79. The maximum atomic E-state index is 12.7. The fraction of sp³-hybridized carbons (Fsp3) is 0.333. The minimum atomic E-state index is -0.0105. The zero-order chi connectivity index (χ0) is 16.8. The largest absolute Gasteiger partial charge is 0.497 e. The van der Waals surface area contributed by atoms with Crippen LogP contribution in [0.4, 0.5) is 5.82 Å². The smallest absolute Gasteiger partial charge is 0.257 e. The summed E-state index contributed by atoms with van der Waals surface area (Å²) in [4.78, 5) is 18.8. The van der Waals surface area contributed by atoms with Crippen LogP contribution in [0.1, 0.15) is 15.9 Å². The molecule has 0 atom stereocenters. The number of amides is 1. The quantitative estimate of drug-likeness (QED) is 0.912. The van der Waals surface area contributed by atoms with Crippen LogP contribution in [-0.4, -0.2) is 49.2 Å². The number of hydrogen-bond acceptors (Lipinski definition) is 5. The summed E-state index contributed by atoms with van der Waals surface area (Å²) in [7, 11) is 1.64. The Hall–Kier alpha value is -2.60. The highest BCUT2D eigenvalue weighted by molar-refractivity contribution is 5.98. The monoisotopic (exact) mass is 327 g/mol. The van der Waals surface area contributed by atoms with Crippen molar-refractivity contribution in [2.45, 2.75) is 6.54 Å². The van der Waals surface area contributed by atoms with Crippen molar-refractivity contribution in [2.75, 3.05) is 38.7 Å². The normalized spacial score (nSPS) is 14.3. The van der Waals surface area contributed by atoms with E-state index in [2.05, 4.69) is 10.3 Å². The van der Waals surface area contributed by atoms with Crippen LogP contribution in [0, 0.1) is 0 Å². The molecule has 2 aromatic rings. The number of nitrogens with zero attached hydrogens (tertiary/aromatic N) is 2. The summed E-state index contributed by atoms with van der Waals surface area (Å²) < 4.78 is 10.5. The Labute approximate surface area is 141 Å². The second-order valence-corrected chi connectivity index (χ2v) is 5.51. The highest BCUT2D eigenvalue weighted by atomic mass is 16.5. The summed E-state index contributed by atoms with van der Waals surface area (Å²) in [6, 6.07) is 11.4. The molecule has 1 aliphatic rings. The van der Waals surface area contributed by atoms with Gasteiger partial charge < -0.3 is 19.7 Å². The molecular formula is C18H21N3O3. The minimum absolute atomic E-state index is 0.0105. The van der Waals surface area contributed by atoms with E-state index < -0.39 is 0 Å². The molecule has 126 valence electrons. The van der Waals surface area contributed by atoms with Crippen molar-refractivity contribution < 1.29 is 14.3 Å². The lowest BCUT2D eigenvalue weighted by molar-refractivity contribution is 0.0303. The number of carbonyl (C=O) groups is 1. The minimum Gasteiger partial charge on any atom is -0.497 e. The van der Waals surface area contributed by atoms with Crippen molar-refractivity contribution in [1.82, 2.24) is 9.88 Å². The third-order valence-electron chi connectivity index (χ3n) is 3.96.